The smallest absolute Gasteiger partial charge is 0.342 e. The lowest BCUT2D eigenvalue weighted by molar-refractivity contribution is 0.0469. The van der Waals surface area contributed by atoms with Crippen molar-refractivity contribution in [2.24, 2.45) is 0 Å². The average molecular weight is 334 g/mol. The SMILES string of the molecule is COc1ccc(Cl)cc1C(=O)OCc1nc2ccccc2s1. The van der Waals surface area contributed by atoms with Gasteiger partial charge in [-0.1, -0.05) is 23.7 Å². The minimum Gasteiger partial charge on any atom is -0.496 e. The van der Waals surface area contributed by atoms with Gasteiger partial charge in [0.25, 0.3) is 0 Å². The number of methoxy groups -OCH3 is 1. The lowest BCUT2D eigenvalue weighted by atomic mass is 10.2. The molecule has 0 fully saturated rings. The number of carbonyl (C=O) groups excluding carboxylic acids is 1. The van der Waals surface area contributed by atoms with Crippen molar-refractivity contribution in [3.05, 3.63) is 58.1 Å². The van der Waals surface area contributed by atoms with Crippen molar-refractivity contribution in [3.63, 3.8) is 0 Å². The average Bonchev–Trinajstić information content (AvgIpc) is 2.95. The number of halogens is 1. The van der Waals surface area contributed by atoms with Crippen LogP contribution in [-0.2, 0) is 11.3 Å². The zero-order chi connectivity index (χ0) is 15.5. The minimum atomic E-state index is -0.487. The van der Waals surface area contributed by atoms with Gasteiger partial charge in [0.1, 0.15) is 22.9 Å². The molecule has 0 unspecified atom stereocenters. The molecule has 0 saturated heterocycles. The van der Waals surface area contributed by atoms with E-state index in [0.717, 1.165) is 15.2 Å². The van der Waals surface area contributed by atoms with Crippen molar-refractivity contribution in [2.45, 2.75) is 6.61 Å². The number of thiazole rings is 1. The molecule has 0 aliphatic carbocycles. The van der Waals surface area contributed by atoms with E-state index in [2.05, 4.69) is 4.98 Å². The largest absolute Gasteiger partial charge is 0.496 e. The molecule has 0 amide bonds. The highest BCUT2D eigenvalue weighted by Gasteiger charge is 2.15. The topological polar surface area (TPSA) is 48.4 Å². The Morgan fingerprint density at radius 2 is 2.09 bits per heavy atom. The number of esters is 1. The predicted molar refractivity (Wildman–Crippen MR) is 86.7 cm³/mol. The first kappa shape index (κ1) is 14.8. The van der Waals surface area contributed by atoms with Crippen LogP contribution in [0.4, 0.5) is 0 Å². The van der Waals surface area contributed by atoms with Gasteiger partial charge in [-0.15, -0.1) is 11.3 Å². The van der Waals surface area contributed by atoms with E-state index in [1.807, 2.05) is 24.3 Å². The summed E-state index contributed by atoms with van der Waals surface area (Å²) in [5.41, 5.74) is 1.20. The van der Waals surface area contributed by atoms with Gasteiger partial charge in [-0.2, -0.15) is 0 Å². The highest BCUT2D eigenvalue weighted by Crippen LogP contribution is 2.25. The van der Waals surface area contributed by atoms with E-state index in [1.165, 1.54) is 24.5 Å². The molecule has 0 bridgehead atoms. The van der Waals surface area contributed by atoms with Gasteiger partial charge in [0.05, 0.1) is 17.3 Å². The Morgan fingerprint density at radius 3 is 2.86 bits per heavy atom. The highest BCUT2D eigenvalue weighted by molar-refractivity contribution is 7.18. The van der Waals surface area contributed by atoms with E-state index >= 15 is 0 Å². The summed E-state index contributed by atoms with van der Waals surface area (Å²) in [5, 5.41) is 1.20. The number of para-hydroxylation sites is 1. The number of aromatic nitrogens is 1. The van der Waals surface area contributed by atoms with Crippen molar-refractivity contribution in [2.75, 3.05) is 7.11 Å². The van der Waals surface area contributed by atoms with Gasteiger partial charge in [0.2, 0.25) is 0 Å². The monoisotopic (exact) mass is 333 g/mol. The Kier molecular flexibility index (Phi) is 4.27. The van der Waals surface area contributed by atoms with Gasteiger partial charge < -0.3 is 9.47 Å². The maximum atomic E-state index is 12.2. The Balaban J connectivity index is 1.76. The number of benzene rings is 2. The summed E-state index contributed by atoms with van der Waals surface area (Å²) in [6.07, 6.45) is 0. The van der Waals surface area contributed by atoms with Crippen molar-refractivity contribution in [1.29, 1.82) is 0 Å². The molecule has 22 heavy (non-hydrogen) atoms. The number of fused-ring (bicyclic) bond motifs is 1. The van der Waals surface area contributed by atoms with Crippen LogP contribution in [-0.4, -0.2) is 18.1 Å². The first-order valence-electron chi connectivity index (χ1n) is 6.52. The fourth-order valence-corrected chi connectivity index (χ4v) is 3.08. The molecule has 3 rings (SSSR count). The summed E-state index contributed by atoms with van der Waals surface area (Å²) in [5.74, 6) is -0.0580. The van der Waals surface area contributed by atoms with Crippen molar-refractivity contribution < 1.29 is 14.3 Å². The fraction of sp³-hybridized carbons (Fsp3) is 0.125. The third-order valence-corrected chi connectivity index (χ3v) is 4.29. The highest BCUT2D eigenvalue weighted by atomic mass is 35.5. The Hall–Kier alpha value is -2.11. The molecule has 0 aliphatic rings. The van der Waals surface area contributed by atoms with Crippen LogP contribution in [0, 0.1) is 0 Å². The second kappa shape index (κ2) is 6.34. The Bertz CT molecular complexity index is 798. The molecule has 0 N–H and O–H groups in total. The van der Waals surface area contributed by atoms with Crippen LogP contribution in [0.2, 0.25) is 5.02 Å². The number of hydrogen-bond donors (Lipinski definition) is 0. The summed E-state index contributed by atoms with van der Waals surface area (Å²) in [7, 11) is 1.49. The second-order valence-corrected chi connectivity index (χ2v) is 6.05. The summed E-state index contributed by atoms with van der Waals surface area (Å²) < 4.78 is 11.5. The first-order chi connectivity index (χ1) is 10.7. The van der Waals surface area contributed by atoms with E-state index in [9.17, 15) is 4.79 Å². The number of hydrogen-bond acceptors (Lipinski definition) is 5. The lowest BCUT2D eigenvalue weighted by Crippen LogP contribution is -2.07. The van der Waals surface area contributed by atoms with Crippen LogP contribution in [0.3, 0.4) is 0 Å². The summed E-state index contributed by atoms with van der Waals surface area (Å²) in [6, 6.07) is 12.6. The predicted octanol–water partition coefficient (Wildman–Crippen LogP) is 4.32. The molecule has 3 aromatic rings. The molecule has 4 nitrogen and oxygen atoms in total. The molecule has 6 heteroatoms. The maximum absolute atomic E-state index is 12.2. The van der Waals surface area contributed by atoms with Gasteiger partial charge in [0.15, 0.2) is 0 Å². The van der Waals surface area contributed by atoms with Crippen LogP contribution >= 0.6 is 22.9 Å². The zero-order valence-corrected chi connectivity index (χ0v) is 13.3. The van der Waals surface area contributed by atoms with Gasteiger partial charge in [-0.3, -0.25) is 0 Å². The van der Waals surface area contributed by atoms with Gasteiger partial charge >= 0.3 is 5.97 Å². The van der Waals surface area contributed by atoms with Crippen molar-refractivity contribution >= 4 is 39.1 Å². The van der Waals surface area contributed by atoms with E-state index in [1.54, 1.807) is 12.1 Å². The van der Waals surface area contributed by atoms with Gasteiger partial charge in [-0.05, 0) is 30.3 Å². The molecule has 2 aromatic carbocycles. The third-order valence-electron chi connectivity index (χ3n) is 3.05. The van der Waals surface area contributed by atoms with Crippen LogP contribution in [0.25, 0.3) is 10.2 Å². The van der Waals surface area contributed by atoms with E-state index in [4.69, 9.17) is 21.1 Å². The van der Waals surface area contributed by atoms with Crippen LogP contribution in [0.15, 0.2) is 42.5 Å². The van der Waals surface area contributed by atoms with Crippen LogP contribution in [0.5, 0.6) is 5.75 Å². The molecule has 1 heterocycles. The maximum Gasteiger partial charge on any atom is 0.342 e. The van der Waals surface area contributed by atoms with Crippen molar-refractivity contribution in [1.82, 2.24) is 4.98 Å². The molecule has 112 valence electrons. The normalized spacial score (nSPS) is 10.6. The minimum absolute atomic E-state index is 0.119. The van der Waals surface area contributed by atoms with Gasteiger partial charge in [0, 0.05) is 5.02 Å². The fourth-order valence-electron chi connectivity index (χ4n) is 2.03. The number of carbonyl (C=O) groups is 1. The van der Waals surface area contributed by atoms with E-state index in [0.29, 0.717) is 16.3 Å². The number of rotatable bonds is 4. The zero-order valence-electron chi connectivity index (χ0n) is 11.7. The van der Waals surface area contributed by atoms with E-state index in [-0.39, 0.29) is 6.61 Å². The van der Waals surface area contributed by atoms with Crippen LogP contribution in [0.1, 0.15) is 15.4 Å². The quantitative estimate of drug-likeness (QED) is 0.667. The molecular formula is C16H12ClNO3S. The van der Waals surface area contributed by atoms with E-state index < -0.39 is 5.97 Å². The molecule has 0 atom stereocenters. The first-order valence-corrected chi connectivity index (χ1v) is 7.72. The molecule has 0 radical (unpaired) electrons. The van der Waals surface area contributed by atoms with Gasteiger partial charge in [-0.25, -0.2) is 9.78 Å². The molecule has 0 spiro atoms. The lowest BCUT2D eigenvalue weighted by Gasteiger charge is -2.08. The standard InChI is InChI=1S/C16H12ClNO3S/c1-20-13-7-6-10(17)8-11(13)16(19)21-9-15-18-12-4-2-3-5-14(12)22-15/h2-8H,9H2,1H3. The number of ether oxygens (including phenoxy) is 2. The molecule has 0 aliphatic heterocycles. The Morgan fingerprint density at radius 1 is 1.27 bits per heavy atom. The van der Waals surface area contributed by atoms with Crippen molar-refractivity contribution in [3.8, 4) is 5.75 Å². The molecular weight excluding hydrogens is 322 g/mol. The summed E-state index contributed by atoms with van der Waals surface area (Å²) in [6.45, 7) is 0.119. The Labute approximate surface area is 136 Å². The number of nitrogens with zero attached hydrogens (tertiary/aromatic N) is 1. The molecule has 1 aromatic heterocycles. The van der Waals surface area contributed by atoms with Crippen LogP contribution < -0.4 is 4.74 Å². The third kappa shape index (κ3) is 3.05. The summed E-state index contributed by atoms with van der Waals surface area (Å²) >= 11 is 7.42. The molecule has 0 saturated carbocycles. The summed E-state index contributed by atoms with van der Waals surface area (Å²) in [4.78, 5) is 16.6. The second-order valence-electron chi connectivity index (χ2n) is 4.50.